The van der Waals surface area contributed by atoms with Gasteiger partial charge in [-0.3, -0.25) is 9.89 Å². The van der Waals surface area contributed by atoms with E-state index in [4.69, 9.17) is 0 Å². The number of benzene rings is 1. The Balaban J connectivity index is 1.86. The first-order valence-corrected chi connectivity index (χ1v) is 8.17. The van der Waals surface area contributed by atoms with Gasteiger partial charge in [-0.25, -0.2) is 4.79 Å². The fourth-order valence-electron chi connectivity index (χ4n) is 3.39. The lowest BCUT2D eigenvalue weighted by Crippen LogP contribution is -2.56. The highest BCUT2D eigenvalue weighted by molar-refractivity contribution is 5.97. The molecule has 1 amide bonds. The maximum atomic E-state index is 12.8. The van der Waals surface area contributed by atoms with Gasteiger partial charge in [0.2, 0.25) is 0 Å². The maximum Gasteiger partial charge on any atom is 0.329 e. The maximum absolute atomic E-state index is 12.8. The number of rotatable bonds is 4. The average Bonchev–Trinajstić information content (AvgIpc) is 3.12. The first-order valence-electron chi connectivity index (χ1n) is 8.17. The van der Waals surface area contributed by atoms with Crippen molar-refractivity contribution in [2.24, 2.45) is 0 Å². The van der Waals surface area contributed by atoms with Crippen LogP contribution < -0.4 is 0 Å². The molecule has 0 spiro atoms. The van der Waals surface area contributed by atoms with Crippen LogP contribution in [-0.2, 0) is 4.79 Å². The molecule has 0 unspecified atom stereocenters. The molecule has 0 saturated heterocycles. The van der Waals surface area contributed by atoms with Gasteiger partial charge in [0.15, 0.2) is 0 Å². The van der Waals surface area contributed by atoms with Crippen molar-refractivity contribution < 1.29 is 14.7 Å². The SMILES string of the molecule is CN(C(=O)c1cc(-c2ccccc2)n[nH]1)C1(C(=O)O)CCCCC1. The number of nitrogens with one attached hydrogen (secondary N) is 1. The number of carbonyl (C=O) groups is 2. The van der Waals surface area contributed by atoms with Crippen LogP contribution in [0, 0.1) is 0 Å². The number of hydrogen-bond acceptors (Lipinski definition) is 3. The highest BCUT2D eigenvalue weighted by Gasteiger charge is 2.45. The summed E-state index contributed by atoms with van der Waals surface area (Å²) < 4.78 is 0. The van der Waals surface area contributed by atoms with Crippen LogP contribution in [0.1, 0.15) is 42.6 Å². The van der Waals surface area contributed by atoms with Gasteiger partial charge in [-0.15, -0.1) is 0 Å². The van der Waals surface area contributed by atoms with Gasteiger partial charge >= 0.3 is 5.97 Å². The molecule has 2 N–H and O–H groups in total. The number of carboxylic acid groups (broad SMARTS) is 1. The third-order valence-electron chi connectivity index (χ3n) is 4.90. The highest BCUT2D eigenvalue weighted by atomic mass is 16.4. The molecule has 0 atom stereocenters. The number of likely N-dealkylation sites (N-methyl/N-ethyl adjacent to an activating group) is 1. The van der Waals surface area contributed by atoms with Gasteiger partial charge in [-0.1, -0.05) is 49.6 Å². The topological polar surface area (TPSA) is 86.3 Å². The first kappa shape index (κ1) is 16.2. The molecule has 0 radical (unpaired) electrons. The van der Waals surface area contributed by atoms with Gasteiger partial charge < -0.3 is 10.0 Å². The zero-order valence-corrected chi connectivity index (χ0v) is 13.7. The predicted octanol–water partition coefficient (Wildman–Crippen LogP) is 2.94. The minimum absolute atomic E-state index is 0.308. The molecule has 126 valence electrons. The predicted molar refractivity (Wildman–Crippen MR) is 89.6 cm³/mol. The van der Waals surface area contributed by atoms with E-state index in [2.05, 4.69) is 10.2 Å². The van der Waals surface area contributed by atoms with Gasteiger partial charge in [0, 0.05) is 12.6 Å². The van der Waals surface area contributed by atoms with Crippen molar-refractivity contribution in [1.29, 1.82) is 0 Å². The number of H-pyrrole nitrogens is 1. The van der Waals surface area contributed by atoms with Crippen LogP contribution in [0.15, 0.2) is 36.4 Å². The normalized spacial score (nSPS) is 16.5. The minimum atomic E-state index is -1.12. The Bertz CT molecular complexity index is 733. The minimum Gasteiger partial charge on any atom is -0.479 e. The Morgan fingerprint density at radius 3 is 2.46 bits per heavy atom. The number of carboxylic acids is 1. The number of hydrogen-bond donors (Lipinski definition) is 2. The van der Waals surface area contributed by atoms with E-state index in [0.717, 1.165) is 24.8 Å². The van der Waals surface area contributed by atoms with Crippen molar-refractivity contribution in [3.8, 4) is 11.3 Å². The van der Waals surface area contributed by atoms with Crippen LogP contribution in [0.25, 0.3) is 11.3 Å². The third-order valence-corrected chi connectivity index (χ3v) is 4.90. The quantitative estimate of drug-likeness (QED) is 0.904. The summed E-state index contributed by atoms with van der Waals surface area (Å²) in [6.07, 6.45) is 3.64. The molecular weight excluding hydrogens is 306 g/mol. The number of aromatic nitrogens is 2. The molecule has 6 heteroatoms. The van der Waals surface area contributed by atoms with Crippen molar-refractivity contribution in [3.63, 3.8) is 0 Å². The standard InChI is InChI=1S/C18H21N3O3/c1-21(18(17(23)24)10-6-3-7-11-18)16(22)15-12-14(19-20-15)13-8-4-2-5-9-13/h2,4-5,8-9,12H,3,6-7,10-11H2,1H3,(H,19,20)(H,23,24). The van der Waals surface area contributed by atoms with Crippen LogP contribution in [0.5, 0.6) is 0 Å². The van der Waals surface area contributed by atoms with E-state index in [1.807, 2.05) is 30.3 Å². The second kappa shape index (κ2) is 6.47. The molecular formula is C18H21N3O3. The largest absolute Gasteiger partial charge is 0.479 e. The van der Waals surface area contributed by atoms with Crippen LogP contribution in [-0.4, -0.2) is 44.7 Å². The van der Waals surface area contributed by atoms with Crippen LogP contribution in [0.4, 0.5) is 0 Å². The van der Waals surface area contributed by atoms with E-state index in [1.165, 1.54) is 4.90 Å². The Hall–Kier alpha value is -2.63. The number of aliphatic carboxylic acids is 1. The summed E-state index contributed by atoms with van der Waals surface area (Å²) in [5.41, 5.74) is 0.761. The highest BCUT2D eigenvalue weighted by Crippen LogP contribution is 2.34. The van der Waals surface area contributed by atoms with Crippen LogP contribution >= 0.6 is 0 Å². The van der Waals surface area contributed by atoms with Gasteiger partial charge in [0.1, 0.15) is 11.2 Å². The second-order valence-corrected chi connectivity index (χ2v) is 6.29. The van der Waals surface area contributed by atoms with E-state index < -0.39 is 11.5 Å². The molecule has 1 aromatic heterocycles. The molecule has 1 heterocycles. The lowest BCUT2D eigenvalue weighted by molar-refractivity contribution is -0.151. The van der Waals surface area contributed by atoms with Crippen LogP contribution in [0.2, 0.25) is 0 Å². The number of carbonyl (C=O) groups excluding carboxylic acids is 1. The molecule has 1 aliphatic carbocycles. The van der Waals surface area contributed by atoms with Crippen molar-refractivity contribution in [2.45, 2.75) is 37.6 Å². The van der Waals surface area contributed by atoms with Gasteiger partial charge in [0.05, 0.1) is 5.69 Å². The number of nitrogens with zero attached hydrogens (tertiary/aromatic N) is 2. The van der Waals surface area contributed by atoms with Crippen molar-refractivity contribution >= 4 is 11.9 Å². The fraction of sp³-hybridized carbons (Fsp3) is 0.389. The fourth-order valence-corrected chi connectivity index (χ4v) is 3.39. The monoisotopic (exact) mass is 327 g/mol. The molecule has 0 bridgehead atoms. The smallest absolute Gasteiger partial charge is 0.329 e. The average molecular weight is 327 g/mol. The number of amides is 1. The Kier molecular flexibility index (Phi) is 4.38. The van der Waals surface area contributed by atoms with E-state index in [1.54, 1.807) is 13.1 Å². The van der Waals surface area contributed by atoms with E-state index in [0.29, 0.717) is 24.2 Å². The number of aromatic amines is 1. The first-order chi connectivity index (χ1) is 11.5. The molecule has 1 aliphatic rings. The van der Waals surface area contributed by atoms with Crippen molar-refractivity contribution in [3.05, 3.63) is 42.1 Å². The molecule has 3 rings (SSSR count). The summed E-state index contributed by atoms with van der Waals surface area (Å²) in [5, 5.41) is 16.6. The van der Waals surface area contributed by atoms with E-state index in [9.17, 15) is 14.7 Å². The molecule has 1 fully saturated rings. The molecule has 1 aromatic carbocycles. The third kappa shape index (κ3) is 2.79. The van der Waals surface area contributed by atoms with Crippen LogP contribution in [0.3, 0.4) is 0 Å². The van der Waals surface area contributed by atoms with E-state index in [-0.39, 0.29) is 5.91 Å². The summed E-state index contributed by atoms with van der Waals surface area (Å²) in [7, 11) is 1.57. The zero-order chi connectivity index (χ0) is 17.2. The summed E-state index contributed by atoms with van der Waals surface area (Å²) in [6.45, 7) is 0. The van der Waals surface area contributed by atoms with Crippen molar-refractivity contribution in [1.82, 2.24) is 15.1 Å². The summed E-state index contributed by atoms with van der Waals surface area (Å²) in [6, 6.07) is 11.2. The molecule has 2 aromatic rings. The summed E-state index contributed by atoms with van der Waals surface area (Å²) in [4.78, 5) is 26.0. The Morgan fingerprint density at radius 2 is 1.83 bits per heavy atom. The van der Waals surface area contributed by atoms with Gasteiger partial charge in [-0.05, 0) is 18.9 Å². The zero-order valence-electron chi connectivity index (χ0n) is 13.7. The lowest BCUT2D eigenvalue weighted by atomic mass is 9.80. The molecule has 1 saturated carbocycles. The second-order valence-electron chi connectivity index (χ2n) is 6.29. The Morgan fingerprint density at radius 1 is 1.17 bits per heavy atom. The van der Waals surface area contributed by atoms with E-state index >= 15 is 0 Å². The Labute approximate surface area is 140 Å². The van der Waals surface area contributed by atoms with Gasteiger partial charge in [-0.2, -0.15) is 5.10 Å². The summed E-state index contributed by atoms with van der Waals surface area (Å²) in [5.74, 6) is -1.27. The molecule has 24 heavy (non-hydrogen) atoms. The molecule has 6 nitrogen and oxygen atoms in total. The lowest BCUT2D eigenvalue weighted by Gasteiger charge is -2.40. The summed E-state index contributed by atoms with van der Waals surface area (Å²) >= 11 is 0. The van der Waals surface area contributed by atoms with Gasteiger partial charge in [0.25, 0.3) is 5.91 Å². The van der Waals surface area contributed by atoms with Crippen molar-refractivity contribution in [2.75, 3.05) is 7.05 Å². The molecule has 0 aliphatic heterocycles.